The Morgan fingerprint density at radius 3 is 2.11 bits per heavy atom. The summed E-state index contributed by atoms with van der Waals surface area (Å²) in [6.45, 7) is 15.2. The van der Waals surface area contributed by atoms with Crippen LogP contribution in [-0.2, 0) is 19.1 Å². The van der Waals surface area contributed by atoms with Gasteiger partial charge in [0, 0.05) is 12.6 Å². The van der Waals surface area contributed by atoms with Crippen LogP contribution in [0.15, 0.2) is 18.2 Å². The van der Waals surface area contributed by atoms with Crippen molar-refractivity contribution in [1.82, 2.24) is 15.5 Å². The normalized spacial score (nSPS) is 13.7. The number of nitrogens with two attached hydrogens (primary N) is 1. The number of rotatable bonds is 14. The predicted octanol–water partition coefficient (Wildman–Crippen LogP) is 4.44. The van der Waals surface area contributed by atoms with E-state index < -0.39 is 42.0 Å². The molecule has 0 spiro atoms. The average Bonchev–Trinajstić information content (AvgIpc) is 2.77. The molecule has 0 saturated heterocycles. The Hall–Kier alpha value is -3.10. The van der Waals surface area contributed by atoms with Gasteiger partial charge in [0.15, 0.2) is 0 Å². The van der Waals surface area contributed by atoms with Gasteiger partial charge in [-0.3, -0.25) is 14.4 Å². The van der Waals surface area contributed by atoms with E-state index in [9.17, 15) is 19.2 Å². The van der Waals surface area contributed by atoms with E-state index in [1.54, 1.807) is 20.8 Å². The van der Waals surface area contributed by atoms with Crippen LogP contribution in [0.5, 0.6) is 0 Å². The molecule has 0 radical (unpaired) electrons. The van der Waals surface area contributed by atoms with E-state index in [1.807, 2.05) is 52.8 Å². The standard InChI is InChI=1S/C29H48N4O5/c1-9-11-12-17-33(27(36)22(18-23(30)34)32-28(37)38-29(6,7)8)25(26(35)31-21(5)14-10-2)24-19(3)15-13-16-20(24)4/h13,15-16,21-22,25H,9-12,14,17-18H2,1-8H3,(H2,30,34)(H,31,35)(H,32,37). The van der Waals surface area contributed by atoms with E-state index in [0.29, 0.717) is 6.42 Å². The Bertz CT molecular complexity index is 937. The third kappa shape index (κ3) is 10.7. The van der Waals surface area contributed by atoms with Gasteiger partial charge in [0.05, 0.1) is 6.42 Å². The smallest absolute Gasteiger partial charge is 0.408 e. The molecule has 0 aliphatic rings. The molecular weight excluding hydrogens is 484 g/mol. The molecule has 1 aromatic rings. The molecule has 0 saturated carbocycles. The minimum Gasteiger partial charge on any atom is -0.444 e. The lowest BCUT2D eigenvalue weighted by molar-refractivity contribution is -0.143. The largest absolute Gasteiger partial charge is 0.444 e. The summed E-state index contributed by atoms with van der Waals surface area (Å²) in [5, 5.41) is 5.60. The molecule has 1 rings (SSSR count). The maximum Gasteiger partial charge on any atom is 0.408 e. The van der Waals surface area contributed by atoms with Crippen molar-refractivity contribution in [2.24, 2.45) is 5.73 Å². The molecule has 0 bridgehead atoms. The number of hydrogen-bond acceptors (Lipinski definition) is 5. The number of carbonyl (C=O) groups excluding carboxylic acids is 4. The zero-order chi connectivity index (χ0) is 29.0. The summed E-state index contributed by atoms with van der Waals surface area (Å²) < 4.78 is 5.34. The van der Waals surface area contributed by atoms with Crippen molar-refractivity contribution in [3.05, 3.63) is 34.9 Å². The molecule has 4 N–H and O–H groups in total. The molecule has 0 aliphatic heterocycles. The van der Waals surface area contributed by atoms with Crippen molar-refractivity contribution >= 4 is 23.8 Å². The number of unbranched alkanes of at least 4 members (excludes halogenated alkanes) is 2. The van der Waals surface area contributed by atoms with Crippen LogP contribution in [0.4, 0.5) is 4.79 Å². The summed E-state index contributed by atoms with van der Waals surface area (Å²) >= 11 is 0. The number of nitrogens with one attached hydrogen (secondary N) is 2. The van der Waals surface area contributed by atoms with Gasteiger partial charge in [0.25, 0.3) is 0 Å². The van der Waals surface area contributed by atoms with Crippen molar-refractivity contribution in [1.29, 1.82) is 0 Å². The van der Waals surface area contributed by atoms with Gasteiger partial charge in [0.1, 0.15) is 17.7 Å². The molecule has 1 aromatic carbocycles. The lowest BCUT2D eigenvalue weighted by atomic mass is 9.93. The van der Waals surface area contributed by atoms with Gasteiger partial charge in [-0.15, -0.1) is 0 Å². The quantitative estimate of drug-likeness (QED) is 0.305. The molecule has 0 aliphatic carbocycles. The molecule has 38 heavy (non-hydrogen) atoms. The number of hydrogen-bond donors (Lipinski definition) is 3. The molecule has 3 atom stereocenters. The van der Waals surface area contributed by atoms with Crippen molar-refractivity contribution < 1.29 is 23.9 Å². The minimum atomic E-state index is -1.28. The van der Waals surface area contributed by atoms with Crippen LogP contribution >= 0.6 is 0 Å². The fourth-order valence-electron chi connectivity index (χ4n) is 4.46. The fraction of sp³-hybridized carbons (Fsp3) is 0.655. The van der Waals surface area contributed by atoms with Crippen LogP contribution in [0.2, 0.25) is 0 Å². The molecule has 3 unspecified atom stereocenters. The SMILES string of the molecule is CCCCCN(C(=O)C(CC(N)=O)NC(=O)OC(C)(C)C)C(C(=O)NC(C)CCC)c1c(C)cccc1C. The Kier molecular flexibility index (Phi) is 13.3. The molecule has 0 aromatic heterocycles. The zero-order valence-electron chi connectivity index (χ0n) is 24.5. The highest BCUT2D eigenvalue weighted by atomic mass is 16.6. The highest BCUT2D eigenvalue weighted by Gasteiger charge is 2.38. The molecule has 0 heterocycles. The Labute approximate surface area is 228 Å². The number of carbonyl (C=O) groups is 4. The lowest BCUT2D eigenvalue weighted by Crippen LogP contribution is -2.55. The van der Waals surface area contributed by atoms with Gasteiger partial charge in [-0.2, -0.15) is 0 Å². The first-order valence-corrected chi connectivity index (χ1v) is 13.7. The highest BCUT2D eigenvalue weighted by Crippen LogP contribution is 2.29. The van der Waals surface area contributed by atoms with Gasteiger partial charge in [-0.1, -0.05) is 51.3 Å². The average molecular weight is 533 g/mol. The van der Waals surface area contributed by atoms with Crippen LogP contribution in [-0.4, -0.2) is 52.9 Å². The lowest BCUT2D eigenvalue weighted by Gasteiger charge is -2.36. The van der Waals surface area contributed by atoms with E-state index in [-0.39, 0.29) is 18.5 Å². The topological polar surface area (TPSA) is 131 Å². The van der Waals surface area contributed by atoms with Gasteiger partial charge in [-0.25, -0.2) is 4.79 Å². The monoisotopic (exact) mass is 532 g/mol. The third-order valence-corrected chi connectivity index (χ3v) is 6.17. The van der Waals surface area contributed by atoms with Gasteiger partial charge in [-0.05, 0) is 71.1 Å². The van der Waals surface area contributed by atoms with Crippen LogP contribution in [0.25, 0.3) is 0 Å². The number of alkyl carbamates (subject to hydrolysis) is 1. The number of aryl methyl sites for hydroxylation is 2. The Morgan fingerprint density at radius 1 is 1.00 bits per heavy atom. The van der Waals surface area contributed by atoms with Gasteiger partial charge < -0.3 is 26.0 Å². The number of benzene rings is 1. The van der Waals surface area contributed by atoms with E-state index in [2.05, 4.69) is 10.6 Å². The maximum atomic E-state index is 14.1. The van der Waals surface area contributed by atoms with Crippen molar-refractivity contribution in [3.63, 3.8) is 0 Å². The van der Waals surface area contributed by atoms with E-state index in [1.165, 1.54) is 4.90 Å². The first-order chi connectivity index (χ1) is 17.7. The van der Waals surface area contributed by atoms with Crippen LogP contribution in [0, 0.1) is 13.8 Å². The molecule has 214 valence electrons. The summed E-state index contributed by atoms with van der Waals surface area (Å²) in [4.78, 5) is 54.0. The van der Waals surface area contributed by atoms with Gasteiger partial charge in [0.2, 0.25) is 17.7 Å². The fourth-order valence-corrected chi connectivity index (χ4v) is 4.46. The van der Waals surface area contributed by atoms with Crippen LogP contribution in [0.3, 0.4) is 0 Å². The number of nitrogens with zero attached hydrogens (tertiary/aromatic N) is 1. The van der Waals surface area contributed by atoms with E-state index >= 15 is 0 Å². The number of primary amides is 1. The van der Waals surface area contributed by atoms with Crippen molar-refractivity contribution in [2.45, 2.75) is 118 Å². The van der Waals surface area contributed by atoms with E-state index in [4.69, 9.17) is 10.5 Å². The summed E-state index contributed by atoms with van der Waals surface area (Å²) in [6.07, 6.45) is 2.84. The van der Waals surface area contributed by atoms with Crippen LogP contribution in [0.1, 0.15) is 103 Å². The summed E-state index contributed by atoms with van der Waals surface area (Å²) in [5.74, 6) is -1.61. The first kappa shape index (κ1) is 32.9. The molecular formula is C29H48N4O5. The first-order valence-electron chi connectivity index (χ1n) is 13.7. The molecule has 4 amide bonds. The molecule has 9 nitrogen and oxygen atoms in total. The third-order valence-electron chi connectivity index (χ3n) is 6.17. The zero-order valence-corrected chi connectivity index (χ0v) is 24.5. The maximum absolute atomic E-state index is 14.1. The second kappa shape index (κ2) is 15.3. The molecule has 0 fully saturated rings. The second-order valence-electron chi connectivity index (χ2n) is 11.0. The summed E-state index contributed by atoms with van der Waals surface area (Å²) in [7, 11) is 0. The number of ether oxygens (including phenoxy) is 1. The Balaban J connectivity index is 3.61. The summed E-state index contributed by atoms with van der Waals surface area (Å²) in [6, 6.07) is 3.41. The van der Waals surface area contributed by atoms with Gasteiger partial charge >= 0.3 is 6.09 Å². The van der Waals surface area contributed by atoms with Crippen molar-refractivity contribution in [2.75, 3.05) is 6.54 Å². The number of amides is 4. The highest BCUT2D eigenvalue weighted by molar-refractivity contribution is 5.94. The minimum absolute atomic E-state index is 0.0896. The second-order valence-corrected chi connectivity index (χ2v) is 11.0. The van der Waals surface area contributed by atoms with Crippen LogP contribution < -0.4 is 16.4 Å². The predicted molar refractivity (Wildman–Crippen MR) is 149 cm³/mol. The summed E-state index contributed by atoms with van der Waals surface area (Å²) in [5.41, 5.74) is 7.13. The molecule has 9 heteroatoms. The van der Waals surface area contributed by atoms with E-state index in [0.717, 1.165) is 42.4 Å². The Morgan fingerprint density at radius 2 is 1.61 bits per heavy atom. The van der Waals surface area contributed by atoms with Crippen molar-refractivity contribution in [3.8, 4) is 0 Å².